The summed E-state index contributed by atoms with van der Waals surface area (Å²) in [4.78, 5) is 3.88. The molecule has 0 amide bonds. The van der Waals surface area contributed by atoms with Gasteiger partial charge in [-0.15, -0.1) is 0 Å². The number of rotatable bonds is 4. The first-order valence-corrected chi connectivity index (χ1v) is 9.54. The molecule has 0 bridgehead atoms. The van der Waals surface area contributed by atoms with E-state index in [0.29, 0.717) is 11.1 Å². The van der Waals surface area contributed by atoms with Gasteiger partial charge in [-0.05, 0) is 17.0 Å². The summed E-state index contributed by atoms with van der Waals surface area (Å²) in [5.41, 5.74) is 1.42. The van der Waals surface area contributed by atoms with Crippen molar-refractivity contribution in [3.05, 3.63) is 35.9 Å². The summed E-state index contributed by atoms with van der Waals surface area (Å²) in [6.07, 6.45) is 1.12. The standard InChI is InChI=1S/C15H27NSi/c1-13(12-14-10-8-7-9-11-14)16-17(5,6)15(2,3)4/h7-11,13,16H,12H2,1-6H3. The lowest BCUT2D eigenvalue weighted by Gasteiger charge is -2.39. The maximum Gasteiger partial charge on any atom is 0.125 e. The van der Waals surface area contributed by atoms with Crippen molar-refractivity contribution >= 4 is 8.24 Å². The minimum atomic E-state index is -1.37. The second kappa shape index (κ2) is 5.36. The second-order valence-electron chi connectivity index (χ2n) is 6.61. The van der Waals surface area contributed by atoms with Gasteiger partial charge in [-0.3, -0.25) is 0 Å². The molecule has 96 valence electrons. The zero-order valence-electron chi connectivity index (χ0n) is 12.2. The predicted octanol–water partition coefficient (Wildman–Crippen LogP) is 4.21. The molecular weight excluding hydrogens is 222 g/mol. The second-order valence-corrected chi connectivity index (χ2v) is 11.6. The van der Waals surface area contributed by atoms with Crippen molar-refractivity contribution in [2.24, 2.45) is 0 Å². The third-order valence-corrected chi connectivity index (χ3v) is 8.83. The lowest BCUT2D eigenvalue weighted by atomic mass is 10.1. The van der Waals surface area contributed by atoms with E-state index in [1.54, 1.807) is 0 Å². The van der Waals surface area contributed by atoms with Gasteiger partial charge in [-0.2, -0.15) is 0 Å². The predicted molar refractivity (Wildman–Crippen MR) is 79.9 cm³/mol. The molecule has 1 nitrogen and oxygen atoms in total. The zero-order valence-corrected chi connectivity index (χ0v) is 13.2. The molecule has 0 aliphatic heterocycles. The first kappa shape index (κ1) is 14.5. The third kappa shape index (κ3) is 4.28. The van der Waals surface area contributed by atoms with Crippen LogP contribution < -0.4 is 4.98 Å². The molecule has 1 atom stereocenters. The Morgan fingerprint density at radius 1 is 1.12 bits per heavy atom. The summed E-state index contributed by atoms with van der Waals surface area (Å²) >= 11 is 0. The fraction of sp³-hybridized carbons (Fsp3) is 0.600. The highest BCUT2D eigenvalue weighted by atomic mass is 28.3. The van der Waals surface area contributed by atoms with E-state index in [0.717, 1.165) is 6.42 Å². The van der Waals surface area contributed by atoms with Crippen molar-refractivity contribution in [1.29, 1.82) is 0 Å². The summed E-state index contributed by atoms with van der Waals surface area (Å²) < 4.78 is 0. The Balaban J connectivity index is 2.59. The van der Waals surface area contributed by atoms with Crippen LogP contribution in [0.3, 0.4) is 0 Å². The summed E-state index contributed by atoms with van der Waals surface area (Å²) in [6.45, 7) is 14.2. The van der Waals surface area contributed by atoms with Crippen LogP contribution in [0.1, 0.15) is 33.3 Å². The van der Waals surface area contributed by atoms with Gasteiger partial charge in [-0.25, -0.2) is 0 Å². The van der Waals surface area contributed by atoms with Crippen LogP contribution in [0.2, 0.25) is 18.1 Å². The van der Waals surface area contributed by atoms with E-state index in [1.165, 1.54) is 5.56 Å². The van der Waals surface area contributed by atoms with E-state index in [1.807, 2.05) is 0 Å². The van der Waals surface area contributed by atoms with Gasteiger partial charge in [-0.1, -0.05) is 71.1 Å². The molecule has 0 fully saturated rings. The molecular formula is C15H27NSi. The number of nitrogens with one attached hydrogen (secondary N) is 1. The molecule has 0 saturated carbocycles. The third-order valence-electron chi connectivity index (χ3n) is 3.87. The van der Waals surface area contributed by atoms with E-state index < -0.39 is 8.24 Å². The number of hydrogen-bond acceptors (Lipinski definition) is 1. The molecule has 17 heavy (non-hydrogen) atoms. The highest BCUT2D eigenvalue weighted by Gasteiger charge is 2.36. The Morgan fingerprint density at radius 2 is 1.65 bits per heavy atom. The van der Waals surface area contributed by atoms with Gasteiger partial charge >= 0.3 is 0 Å². The summed E-state index contributed by atoms with van der Waals surface area (Å²) in [6, 6.07) is 11.3. The van der Waals surface area contributed by atoms with Gasteiger partial charge in [0.1, 0.15) is 8.24 Å². The summed E-state index contributed by atoms with van der Waals surface area (Å²) in [7, 11) is -1.37. The quantitative estimate of drug-likeness (QED) is 0.788. The van der Waals surface area contributed by atoms with Crippen LogP contribution in [-0.4, -0.2) is 14.3 Å². The fourth-order valence-electron chi connectivity index (χ4n) is 1.85. The molecule has 2 heteroatoms. The van der Waals surface area contributed by atoms with Crippen molar-refractivity contribution < 1.29 is 0 Å². The molecule has 0 radical (unpaired) electrons. The number of benzene rings is 1. The van der Waals surface area contributed by atoms with Crippen LogP contribution in [0.15, 0.2) is 30.3 Å². The van der Waals surface area contributed by atoms with Crippen LogP contribution in [0, 0.1) is 0 Å². The smallest absolute Gasteiger partial charge is 0.125 e. The van der Waals surface area contributed by atoms with Gasteiger partial charge < -0.3 is 4.98 Å². The maximum atomic E-state index is 3.88. The topological polar surface area (TPSA) is 12.0 Å². The molecule has 1 unspecified atom stereocenters. The van der Waals surface area contributed by atoms with E-state index in [2.05, 4.69) is 76.1 Å². The van der Waals surface area contributed by atoms with E-state index in [9.17, 15) is 0 Å². The van der Waals surface area contributed by atoms with Crippen LogP contribution in [-0.2, 0) is 6.42 Å². The molecule has 0 aliphatic carbocycles. The Kier molecular flexibility index (Phi) is 4.56. The van der Waals surface area contributed by atoms with Crippen molar-refractivity contribution in [3.8, 4) is 0 Å². The van der Waals surface area contributed by atoms with Gasteiger partial charge in [0.05, 0.1) is 0 Å². The van der Waals surface area contributed by atoms with Crippen LogP contribution >= 0.6 is 0 Å². The zero-order chi connectivity index (χ0) is 13.1. The molecule has 1 aromatic carbocycles. The number of hydrogen-bond donors (Lipinski definition) is 1. The van der Waals surface area contributed by atoms with E-state index >= 15 is 0 Å². The summed E-state index contributed by atoms with van der Waals surface area (Å²) in [5, 5.41) is 0.401. The highest BCUT2D eigenvalue weighted by molar-refractivity contribution is 6.77. The Hall–Kier alpha value is -0.603. The van der Waals surface area contributed by atoms with Gasteiger partial charge in [0.2, 0.25) is 0 Å². The van der Waals surface area contributed by atoms with Crippen molar-refractivity contribution in [2.75, 3.05) is 0 Å². The molecule has 0 saturated heterocycles. The molecule has 1 rings (SSSR count). The molecule has 0 aliphatic rings. The maximum absolute atomic E-state index is 3.88. The monoisotopic (exact) mass is 249 g/mol. The van der Waals surface area contributed by atoms with Crippen LogP contribution in [0.25, 0.3) is 0 Å². The molecule has 0 spiro atoms. The van der Waals surface area contributed by atoms with E-state index in [4.69, 9.17) is 0 Å². The minimum absolute atomic E-state index is 0.401. The average molecular weight is 249 g/mol. The lowest BCUT2D eigenvalue weighted by Crippen LogP contribution is -2.55. The van der Waals surface area contributed by atoms with Crippen LogP contribution in [0.5, 0.6) is 0 Å². The Labute approximate surface area is 108 Å². The average Bonchev–Trinajstić information content (AvgIpc) is 2.16. The normalized spacial score (nSPS) is 14.7. The molecule has 1 N–H and O–H groups in total. The van der Waals surface area contributed by atoms with Gasteiger partial charge in [0.25, 0.3) is 0 Å². The van der Waals surface area contributed by atoms with Crippen molar-refractivity contribution in [1.82, 2.24) is 4.98 Å². The molecule has 0 heterocycles. The molecule has 1 aromatic rings. The largest absolute Gasteiger partial charge is 0.334 e. The summed E-state index contributed by atoms with van der Waals surface area (Å²) in [5.74, 6) is 0. The Bertz CT molecular complexity index is 338. The van der Waals surface area contributed by atoms with Crippen molar-refractivity contribution in [2.45, 2.75) is 58.3 Å². The Morgan fingerprint density at radius 3 is 2.12 bits per heavy atom. The highest BCUT2D eigenvalue weighted by Crippen LogP contribution is 2.34. The van der Waals surface area contributed by atoms with Gasteiger partial charge in [0.15, 0.2) is 0 Å². The first-order chi connectivity index (χ1) is 7.72. The van der Waals surface area contributed by atoms with Crippen LogP contribution in [0.4, 0.5) is 0 Å². The SMILES string of the molecule is CC(Cc1ccccc1)N[Si](C)(C)C(C)(C)C. The molecule has 0 aromatic heterocycles. The minimum Gasteiger partial charge on any atom is -0.334 e. The first-order valence-electron chi connectivity index (χ1n) is 6.54. The van der Waals surface area contributed by atoms with E-state index in [-0.39, 0.29) is 0 Å². The van der Waals surface area contributed by atoms with Gasteiger partial charge in [0, 0.05) is 6.04 Å². The van der Waals surface area contributed by atoms with Crippen molar-refractivity contribution in [3.63, 3.8) is 0 Å². The fourth-order valence-corrected chi connectivity index (χ4v) is 3.62. The lowest BCUT2D eigenvalue weighted by molar-refractivity contribution is 0.611.